The topological polar surface area (TPSA) is 98.0 Å². The van der Waals surface area contributed by atoms with Crippen LogP contribution in [0.4, 0.5) is 0 Å². The maximum atomic E-state index is 14.4. The predicted octanol–water partition coefficient (Wildman–Crippen LogP) is 2.62. The summed E-state index contributed by atoms with van der Waals surface area (Å²) in [4.78, 5) is 44.7. The van der Waals surface area contributed by atoms with E-state index in [4.69, 9.17) is 9.47 Å². The number of rotatable bonds is 9. The lowest BCUT2D eigenvalue weighted by Gasteiger charge is -2.33. The van der Waals surface area contributed by atoms with Crippen molar-refractivity contribution in [3.63, 3.8) is 0 Å². The Kier molecular flexibility index (Phi) is 9.21. The summed E-state index contributed by atoms with van der Waals surface area (Å²) in [5.74, 6) is 0.508. The molecule has 1 aromatic heterocycles. The van der Waals surface area contributed by atoms with Gasteiger partial charge in [0.15, 0.2) is 0 Å². The van der Waals surface area contributed by atoms with Gasteiger partial charge in [0.2, 0.25) is 5.91 Å². The van der Waals surface area contributed by atoms with Crippen molar-refractivity contribution in [2.45, 2.75) is 32.4 Å². The molecule has 2 saturated heterocycles. The molecule has 3 heterocycles. The van der Waals surface area contributed by atoms with Gasteiger partial charge in [-0.25, -0.2) is 4.79 Å². The Bertz CT molecular complexity index is 1410. The van der Waals surface area contributed by atoms with Crippen molar-refractivity contribution in [2.24, 2.45) is 0 Å². The van der Waals surface area contributed by atoms with Gasteiger partial charge < -0.3 is 24.6 Å². The standard InChI is InChI=1S/C31H39N5O5/c1-23(37)34-15-7-11-26(22-34)36-28(25-9-4-3-5-10-25)29(30(38)33-16-13-32-14-17-33)35(31(36)39)21-24-8-6-12-27(20-24)41-19-18-40-2/h3-6,8-10,12,20,26,32H,7,11,13-19,21-22H2,1-2H3. The molecule has 2 aromatic carbocycles. The van der Waals surface area contributed by atoms with Crippen LogP contribution in [0.2, 0.25) is 0 Å². The molecule has 10 nitrogen and oxygen atoms in total. The van der Waals surface area contributed by atoms with Gasteiger partial charge in [0.1, 0.15) is 18.1 Å². The monoisotopic (exact) mass is 561 g/mol. The first-order chi connectivity index (χ1) is 20.0. The molecule has 2 aliphatic heterocycles. The predicted molar refractivity (Wildman–Crippen MR) is 156 cm³/mol. The second-order valence-corrected chi connectivity index (χ2v) is 10.6. The zero-order valence-electron chi connectivity index (χ0n) is 23.9. The van der Waals surface area contributed by atoms with Crippen LogP contribution in [0.1, 0.15) is 41.9 Å². The lowest BCUT2D eigenvalue weighted by molar-refractivity contribution is -0.130. The van der Waals surface area contributed by atoms with E-state index in [0.29, 0.717) is 69.6 Å². The van der Waals surface area contributed by atoms with E-state index in [1.54, 1.807) is 28.1 Å². The molecule has 1 unspecified atom stereocenters. The molecule has 0 spiro atoms. The van der Waals surface area contributed by atoms with E-state index in [-0.39, 0.29) is 30.1 Å². The van der Waals surface area contributed by atoms with E-state index >= 15 is 0 Å². The SMILES string of the molecule is COCCOc1cccc(Cn2c(C(=O)N3CCNCC3)c(-c3ccccc3)n(C3CCCN(C(C)=O)C3)c2=O)c1. The number of aromatic nitrogens is 2. The molecule has 218 valence electrons. The minimum atomic E-state index is -0.247. The third kappa shape index (κ3) is 6.39. The second-order valence-electron chi connectivity index (χ2n) is 10.6. The third-order valence-corrected chi connectivity index (χ3v) is 7.83. The van der Waals surface area contributed by atoms with Crippen molar-refractivity contribution < 1.29 is 19.1 Å². The highest BCUT2D eigenvalue weighted by molar-refractivity contribution is 5.99. The summed E-state index contributed by atoms with van der Waals surface area (Å²) in [6, 6.07) is 17.0. The average Bonchev–Trinajstić information content (AvgIpc) is 3.29. The Morgan fingerprint density at radius 2 is 1.76 bits per heavy atom. The highest BCUT2D eigenvalue weighted by atomic mass is 16.5. The van der Waals surface area contributed by atoms with Crippen LogP contribution < -0.4 is 15.7 Å². The number of piperidine rings is 1. The molecule has 0 saturated carbocycles. The van der Waals surface area contributed by atoms with Crippen LogP contribution in [0.15, 0.2) is 59.4 Å². The minimum absolute atomic E-state index is 0.00847. The summed E-state index contributed by atoms with van der Waals surface area (Å²) in [5, 5.41) is 3.30. The zero-order chi connectivity index (χ0) is 28.8. The summed E-state index contributed by atoms with van der Waals surface area (Å²) < 4.78 is 14.3. The lowest BCUT2D eigenvalue weighted by atomic mass is 10.0. The highest BCUT2D eigenvalue weighted by Crippen LogP contribution is 2.31. The molecule has 2 fully saturated rings. The summed E-state index contributed by atoms with van der Waals surface area (Å²) in [7, 11) is 1.63. The number of benzene rings is 2. The number of ether oxygens (including phenoxy) is 2. The summed E-state index contributed by atoms with van der Waals surface area (Å²) in [5.41, 5.74) is 2.40. The van der Waals surface area contributed by atoms with Gasteiger partial charge in [-0.1, -0.05) is 42.5 Å². The zero-order valence-corrected chi connectivity index (χ0v) is 23.9. The smallest absolute Gasteiger partial charge is 0.329 e. The molecule has 2 amide bonds. The molecule has 1 N–H and O–H groups in total. The van der Waals surface area contributed by atoms with Gasteiger partial charge in [0, 0.05) is 58.9 Å². The first-order valence-electron chi connectivity index (χ1n) is 14.3. The summed E-state index contributed by atoms with van der Waals surface area (Å²) in [6.07, 6.45) is 1.54. The Labute approximate surface area is 240 Å². The van der Waals surface area contributed by atoms with Crippen LogP contribution in [-0.2, 0) is 16.1 Å². The molecule has 2 aliphatic rings. The van der Waals surface area contributed by atoms with Crippen LogP contribution in [0.25, 0.3) is 11.3 Å². The molecule has 0 aliphatic carbocycles. The van der Waals surface area contributed by atoms with E-state index < -0.39 is 0 Å². The molecule has 0 bridgehead atoms. The maximum absolute atomic E-state index is 14.4. The van der Waals surface area contributed by atoms with Crippen LogP contribution >= 0.6 is 0 Å². The fourth-order valence-electron chi connectivity index (χ4n) is 5.77. The second kappa shape index (κ2) is 13.2. The summed E-state index contributed by atoms with van der Waals surface area (Å²) in [6.45, 7) is 6.30. The van der Waals surface area contributed by atoms with Crippen molar-refractivity contribution in [1.29, 1.82) is 0 Å². The van der Waals surface area contributed by atoms with Gasteiger partial charge in [-0.2, -0.15) is 0 Å². The first-order valence-corrected chi connectivity index (χ1v) is 14.3. The van der Waals surface area contributed by atoms with Crippen molar-refractivity contribution in [3.8, 4) is 17.0 Å². The van der Waals surface area contributed by atoms with Gasteiger partial charge in [0.05, 0.1) is 24.9 Å². The number of nitrogens with one attached hydrogen (secondary N) is 1. The van der Waals surface area contributed by atoms with Crippen molar-refractivity contribution in [3.05, 3.63) is 76.3 Å². The average molecular weight is 562 g/mol. The Morgan fingerprint density at radius 1 is 0.976 bits per heavy atom. The molecular weight excluding hydrogens is 522 g/mol. The van der Waals surface area contributed by atoms with Crippen molar-refractivity contribution in [2.75, 3.05) is 59.6 Å². The highest BCUT2D eigenvalue weighted by Gasteiger charge is 2.34. The third-order valence-electron chi connectivity index (χ3n) is 7.83. The van der Waals surface area contributed by atoms with Gasteiger partial charge in [-0.05, 0) is 30.5 Å². The van der Waals surface area contributed by atoms with Crippen LogP contribution in [0, 0.1) is 0 Å². The normalized spacial score (nSPS) is 17.5. The minimum Gasteiger partial charge on any atom is -0.491 e. The number of carbonyl (C=O) groups excluding carboxylic acids is 2. The number of amides is 2. The Hall–Kier alpha value is -3.89. The van der Waals surface area contributed by atoms with E-state index in [9.17, 15) is 14.4 Å². The Balaban J connectivity index is 1.65. The Morgan fingerprint density at radius 3 is 2.49 bits per heavy atom. The molecule has 10 heteroatoms. The molecule has 5 rings (SSSR count). The molecule has 41 heavy (non-hydrogen) atoms. The fraction of sp³-hybridized carbons (Fsp3) is 0.452. The lowest BCUT2D eigenvalue weighted by Crippen LogP contribution is -2.47. The van der Waals surface area contributed by atoms with Gasteiger partial charge in [0.25, 0.3) is 5.91 Å². The van der Waals surface area contributed by atoms with Crippen LogP contribution in [0.5, 0.6) is 5.75 Å². The van der Waals surface area contributed by atoms with Crippen LogP contribution in [-0.4, -0.2) is 90.3 Å². The van der Waals surface area contributed by atoms with E-state index in [1.807, 2.05) is 59.5 Å². The first kappa shape index (κ1) is 28.6. The number of piperazine rings is 1. The van der Waals surface area contributed by atoms with Gasteiger partial charge in [-0.15, -0.1) is 0 Å². The van der Waals surface area contributed by atoms with Gasteiger partial charge >= 0.3 is 5.69 Å². The molecule has 3 aromatic rings. The van der Waals surface area contributed by atoms with E-state index in [2.05, 4.69) is 5.32 Å². The van der Waals surface area contributed by atoms with Crippen molar-refractivity contribution in [1.82, 2.24) is 24.3 Å². The number of likely N-dealkylation sites (tertiary alicyclic amines) is 1. The van der Waals surface area contributed by atoms with Gasteiger partial charge in [-0.3, -0.25) is 18.7 Å². The summed E-state index contributed by atoms with van der Waals surface area (Å²) >= 11 is 0. The molecular formula is C31H39N5O5. The quantitative estimate of drug-likeness (QED) is 0.404. The van der Waals surface area contributed by atoms with E-state index in [1.165, 1.54) is 0 Å². The largest absolute Gasteiger partial charge is 0.491 e. The number of methoxy groups -OCH3 is 1. The number of hydrogen-bond acceptors (Lipinski definition) is 6. The van der Waals surface area contributed by atoms with Crippen molar-refractivity contribution >= 4 is 11.8 Å². The molecule has 0 radical (unpaired) electrons. The molecule has 1 atom stereocenters. The number of nitrogens with zero attached hydrogens (tertiary/aromatic N) is 4. The fourth-order valence-corrected chi connectivity index (χ4v) is 5.77. The van der Waals surface area contributed by atoms with Crippen LogP contribution in [0.3, 0.4) is 0 Å². The number of imidazole rings is 1. The maximum Gasteiger partial charge on any atom is 0.329 e. The number of carbonyl (C=O) groups is 2. The van der Waals surface area contributed by atoms with E-state index in [0.717, 1.165) is 24.0 Å². The number of hydrogen-bond donors (Lipinski definition) is 1.